The zero-order valence-electron chi connectivity index (χ0n) is 20.0. The highest BCUT2D eigenvalue weighted by molar-refractivity contribution is 6.30. The molecule has 12 heteroatoms. The van der Waals surface area contributed by atoms with Crippen molar-refractivity contribution in [2.45, 2.75) is 63.6 Å². The molecular formula is C25H26ClF6N3O2. The van der Waals surface area contributed by atoms with Gasteiger partial charge in [-0.15, -0.1) is 0 Å². The Balaban J connectivity index is 1.93. The lowest BCUT2D eigenvalue weighted by molar-refractivity contribution is -0.143. The van der Waals surface area contributed by atoms with Crippen molar-refractivity contribution in [1.82, 2.24) is 15.5 Å². The fraction of sp³-hybridized carbons (Fsp3) is 0.440. The number of urea groups is 1. The molecule has 2 aromatic carbocycles. The van der Waals surface area contributed by atoms with Gasteiger partial charge in [0, 0.05) is 35.3 Å². The fourth-order valence-electron chi connectivity index (χ4n) is 4.27. The van der Waals surface area contributed by atoms with Gasteiger partial charge in [-0.05, 0) is 69.0 Å². The minimum atomic E-state index is -5.07. The van der Waals surface area contributed by atoms with Crippen LogP contribution in [0.2, 0.25) is 5.02 Å². The number of carbonyl (C=O) groups is 2. The van der Waals surface area contributed by atoms with Gasteiger partial charge >= 0.3 is 18.4 Å². The number of amides is 3. The van der Waals surface area contributed by atoms with Crippen LogP contribution in [-0.4, -0.2) is 41.5 Å². The molecule has 0 aromatic heterocycles. The van der Waals surface area contributed by atoms with Crippen LogP contribution in [0, 0.1) is 0 Å². The highest BCUT2D eigenvalue weighted by atomic mass is 35.5. The van der Waals surface area contributed by atoms with Crippen molar-refractivity contribution in [3.8, 4) is 0 Å². The van der Waals surface area contributed by atoms with Crippen LogP contribution in [0.3, 0.4) is 0 Å². The first-order valence-corrected chi connectivity index (χ1v) is 11.9. The van der Waals surface area contributed by atoms with Gasteiger partial charge in [0.2, 0.25) is 0 Å². The van der Waals surface area contributed by atoms with Gasteiger partial charge in [0.15, 0.2) is 0 Å². The van der Waals surface area contributed by atoms with Crippen LogP contribution in [0.1, 0.15) is 53.7 Å². The highest BCUT2D eigenvalue weighted by Crippen LogP contribution is 2.37. The number of alkyl halides is 6. The van der Waals surface area contributed by atoms with E-state index in [1.54, 1.807) is 38.1 Å². The summed E-state index contributed by atoms with van der Waals surface area (Å²) in [5.41, 5.74) is -3.05. The number of rotatable bonds is 5. The van der Waals surface area contributed by atoms with Crippen LogP contribution >= 0.6 is 11.6 Å². The van der Waals surface area contributed by atoms with Gasteiger partial charge in [-0.3, -0.25) is 4.79 Å². The minimum absolute atomic E-state index is 0.00847. The van der Waals surface area contributed by atoms with E-state index in [1.165, 1.54) is 4.90 Å². The van der Waals surface area contributed by atoms with Gasteiger partial charge in [-0.2, -0.15) is 26.3 Å². The molecule has 0 spiro atoms. The third-order valence-electron chi connectivity index (χ3n) is 5.95. The summed E-state index contributed by atoms with van der Waals surface area (Å²) in [5, 5.41) is 6.01. The van der Waals surface area contributed by atoms with Crippen molar-refractivity contribution < 1.29 is 35.9 Å². The Morgan fingerprint density at radius 2 is 1.57 bits per heavy atom. The number of hydrogen-bond donors (Lipinski definition) is 2. The molecule has 37 heavy (non-hydrogen) atoms. The molecule has 0 saturated carbocycles. The average Bonchev–Trinajstić information content (AvgIpc) is 2.78. The molecule has 1 fully saturated rings. The number of piperidine rings is 1. The van der Waals surface area contributed by atoms with E-state index in [4.69, 9.17) is 11.6 Å². The Morgan fingerprint density at radius 3 is 2.08 bits per heavy atom. The van der Waals surface area contributed by atoms with E-state index in [0.29, 0.717) is 17.2 Å². The molecule has 1 heterocycles. The normalized spacial score (nSPS) is 18.6. The number of carbonyl (C=O) groups excluding carboxylic acids is 2. The molecule has 5 nitrogen and oxygen atoms in total. The number of benzene rings is 2. The Bertz CT molecular complexity index is 1090. The Labute approximate surface area is 215 Å². The van der Waals surface area contributed by atoms with Crippen molar-refractivity contribution >= 4 is 23.5 Å². The average molecular weight is 550 g/mol. The molecule has 0 bridgehead atoms. The molecule has 1 saturated heterocycles. The Kier molecular flexibility index (Phi) is 8.66. The van der Waals surface area contributed by atoms with E-state index in [1.807, 2.05) is 0 Å². The van der Waals surface area contributed by atoms with Crippen LogP contribution in [0.25, 0.3) is 0 Å². The molecule has 1 aliphatic heterocycles. The molecule has 3 rings (SSSR count). The summed E-state index contributed by atoms with van der Waals surface area (Å²) < 4.78 is 80.1. The third kappa shape index (κ3) is 7.77. The van der Waals surface area contributed by atoms with Crippen LogP contribution < -0.4 is 10.6 Å². The van der Waals surface area contributed by atoms with Gasteiger partial charge < -0.3 is 15.5 Å². The van der Waals surface area contributed by atoms with Crippen molar-refractivity contribution in [3.63, 3.8) is 0 Å². The summed E-state index contributed by atoms with van der Waals surface area (Å²) in [6.07, 6.45) is -9.35. The molecule has 0 radical (unpaired) electrons. The molecule has 1 aliphatic rings. The maximum atomic E-state index is 13.4. The summed E-state index contributed by atoms with van der Waals surface area (Å²) in [7, 11) is 0. The molecule has 2 N–H and O–H groups in total. The van der Waals surface area contributed by atoms with E-state index < -0.39 is 47.0 Å². The second-order valence-electron chi connectivity index (χ2n) is 9.27. The van der Waals surface area contributed by atoms with Crippen LogP contribution in [0.4, 0.5) is 31.1 Å². The Morgan fingerprint density at radius 1 is 1.00 bits per heavy atom. The lowest BCUT2D eigenvalue weighted by atomic mass is 9.91. The van der Waals surface area contributed by atoms with Gasteiger partial charge in [-0.1, -0.05) is 23.7 Å². The van der Waals surface area contributed by atoms with E-state index >= 15 is 0 Å². The first-order valence-electron chi connectivity index (χ1n) is 11.6. The summed E-state index contributed by atoms with van der Waals surface area (Å²) >= 11 is 5.94. The maximum absolute atomic E-state index is 13.4. The van der Waals surface area contributed by atoms with Crippen molar-refractivity contribution in [2.75, 3.05) is 6.54 Å². The van der Waals surface area contributed by atoms with E-state index in [9.17, 15) is 35.9 Å². The number of nitrogens with one attached hydrogen (secondary N) is 2. The largest absolute Gasteiger partial charge is 0.416 e. The summed E-state index contributed by atoms with van der Waals surface area (Å²) in [6, 6.07) is 6.12. The maximum Gasteiger partial charge on any atom is 0.416 e. The lowest BCUT2D eigenvalue weighted by Crippen LogP contribution is -2.54. The standard InChI is InChI=1S/C25H26ClF6N3O2/c1-14(2)33-23(37)34-20-7-8-35(21(13-20)9-15-3-5-19(26)6-4-15)22(36)16-10-17(24(27,28)29)12-18(11-16)25(30,31)32/h3-6,10-12,14,20-21H,7-9,13H2,1-2H3,(H2,33,34,37)/t20-,21+/m0/s1. The van der Waals surface area contributed by atoms with Crippen molar-refractivity contribution in [2.24, 2.45) is 0 Å². The van der Waals surface area contributed by atoms with Gasteiger partial charge in [0.25, 0.3) is 5.91 Å². The predicted octanol–water partition coefficient (Wildman–Crippen LogP) is 6.30. The molecule has 0 aliphatic carbocycles. The van der Waals surface area contributed by atoms with E-state index in [-0.39, 0.29) is 44.0 Å². The summed E-state index contributed by atoms with van der Waals surface area (Å²) in [4.78, 5) is 26.8. The van der Waals surface area contributed by atoms with Gasteiger partial charge in [-0.25, -0.2) is 4.79 Å². The molecule has 202 valence electrons. The van der Waals surface area contributed by atoms with Crippen LogP contribution in [0.5, 0.6) is 0 Å². The number of hydrogen-bond acceptors (Lipinski definition) is 2. The van der Waals surface area contributed by atoms with Crippen molar-refractivity contribution in [1.29, 1.82) is 0 Å². The predicted molar refractivity (Wildman–Crippen MR) is 126 cm³/mol. The van der Waals surface area contributed by atoms with Crippen LogP contribution in [0.15, 0.2) is 42.5 Å². The molecule has 0 unspecified atom stereocenters. The summed E-state index contributed by atoms with van der Waals surface area (Å²) in [6.45, 7) is 3.60. The summed E-state index contributed by atoms with van der Waals surface area (Å²) in [5.74, 6) is -0.944. The molecular weight excluding hydrogens is 524 g/mol. The molecule has 2 atom stereocenters. The zero-order valence-corrected chi connectivity index (χ0v) is 20.8. The molecule has 3 amide bonds. The number of nitrogens with zero attached hydrogens (tertiary/aromatic N) is 1. The second-order valence-corrected chi connectivity index (χ2v) is 9.71. The number of likely N-dealkylation sites (tertiary alicyclic amines) is 1. The highest BCUT2D eigenvalue weighted by Gasteiger charge is 2.39. The topological polar surface area (TPSA) is 61.4 Å². The monoisotopic (exact) mass is 549 g/mol. The van der Waals surface area contributed by atoms with Crippen molar-refractivity contribution in [3.05, 3.63) is 69.7 Å². The quantitative estimate of drug-likeness (QED) is 0.430. The van der Waals surface area contributed by atoms with Gasteiger partial charge in [0.05, 0.1) is 11.1 Å². The Hall–Kier alpha value is -2.95. The van der Waals surface area contributed by atoms with Gasteiger partial charge in [0.1, 0.15) is 0 Å². The molecule has 2 aromatic rings. The number of halogens is 7. The smallest absolute Gasteiger partial charge is 0.336 e. The lowest BCUT2D eigenvalue weighted by Gasteiger charge is -2.40. The minimum Gasteiger partial charge on any atom is -0.336 e. The van der Waals surface area contributed by atoms with E-state index in [0.717, 1.165) is 5.56 Å². The first kappa shape index (κ1) is 28.6. The second kappa shape index (κ2) is 11.2. The third-order valence-corrected chi connectivity index (χ3v) is 6.20. The van der Waals surface area contributed by atoms with Crippen LogP contribution in [-0.2, 0) is 18.8 Å². The fourth-order valence-corrected chi connectivity index (χ4v) is 4.40. The SMILES string of the molecule is CC(C)NC(=O)N[C@H]1CCN(C(=O)c2cc(C(F)(F)F)cc(C(F)(F)F)c2)[C@H](Cc2ccc(Cl)cc2)C1. The zero-order chi connectivity index (χ0) is 27.5. The van der Waals surface area contributed by atoms with E-state index in [2.05, 4.69) is 10.6 Å². The first-order chi connectivity index (χ1) is 17.1.